The summed E-state index contributed by atoms with van der Waals surface area (Å²) in [5.41, 5.74) is -5.74. The maximum Gasteiger partial charge on any atom is 0.534 e. The molecule has 0 radical (unpaired) electrons. The van der Waals surface area contributed by atoms with Crippen LogP contribution in [-0.4, -0.2) is 52.3 Å². The number of hydrogen-bond donors (Lipinski definition) is 0. The van der Waals surface area contributed by atoms with Crippen molar-refractivity contribution in [3.05, 3.63) is 42.5 Å². The van der Waals surface area contributed by atoms with Gasteiger partial charge in [-0.1, -0.05) is 44.9 Å². The zero-order valence-corrected chi connectivity index (χ0v) is 23.5. The fraction of sp³-hybridized carbons (Fsp3) is 0.478. The first-order chi connectivity index (χ1) is 17.3. The molecule has 0 fully saturated rings. The van der Waals surface area contributed by atoms with Crippen LogP contribution in [0.3, 0.4) is 0 Å². The van der Waals surface area contributed by atoms with E-state index in [2.05, 4.69) is 4.18 Å². The first-order valence-corrected chi connectivity index (χ1v) is 15.9. The minimum atomic E-state index is -6.08. The highest BCUT2D eigenvalue weighted by molar-refractivity contribution is 7.93. The third-order valence-electron chi connectivity index (χ3n) is 6.35. The number of fused-ring (bicyclic) bond motifs is 1. The van der Waals surface area contributed by atoms with E-state index < -0.39 is 36.9 Å². The van der Waals surface area contributed by atoms with Crippen LogP contribution in [0.1, 0.15) is 39.5 Å². The molecular formula is C23H30F3N2O6PS2. The van der Waals surface area contributed by atoms with Crippen molar-refractivity contribution in [2.75, 3.05) is 25.2 Å². The summed E-state index contributed by atoms with van der Waals surface area (Å²) in [7, 11) is -9.45. The minimum Gasteiger partial charge on any atom is -0.493 e. The molecule has 37 heavy (non-hydrogen) atoms. The second kappa shape index (κ2) is 11.0. The number of benzene rings is 2. The number of nitrogens with zero attached hydrogens (tertiary/aromatic N) is 2. The molecule has 14 heteroatoms. The van der Waals surface area contributed by atoms with Gasteiger partial charge in [0.25, 0.3) is 0 Å². The van der Waals surface area contributed by atoms with E-state index in [9.17, 15) is 30.0 Å². The number of anilines is 2. The first-order valence-electron chi connectivity index (χ1n) is 11.6. The molecule has 0 aromatic heterocycles. The maximum absolute atomic E-state index is 14.1. The molecule has 2 aromatic carbocycles. The summed E-state index contributed by atoms with van der Waals surface area (Å²) in [5, 5.41) is 0. The summed E-state index contributed by atoms with van der Waals surface area (Å²) in [6.07, 6.45) is 2.63. The SMILES string of the molecule is CCCCC1(CC)CN(c2ccccc2)c2cc(OC)c(OS(=O)(=O)C(F)(F)F)cc2S(=O)(=O)N1PC. The number of ether oxygens (including phenoxy) is 1. The van der Waals surface area contributed by atoms with Crippen LogP contribution in [0.2, 0.25) is 0 Å². The van der Waals surface area contributed by atoms with Gasteiger partial charge in [0.15, 0.2) is 11.5 Å². The Kier molecular flexibility index (Phi) is 8.73. The summed E-state index contributed by atoms with van der Waals surface area (Å²) in [4.78, 5) is 1.42. The van der Waals surface area contributed by atoms with Gasteiger partial charge < -0.3 is 13.8 Å². The summed E-state index contributed by atoms with van der Waals surface area (Å²) < 4.78 is 102. The molecule has 2 unspecified atom stereocenters. The summed E-state index contributed by atoms with van der Waals surface area (Å²) in [6.45, 7) is 5.90. The lowest BCUT2D eigenvalue weighted by molar-refractivity contribution is -0.0500. The molecule has 0 saturated carbocycles. The Morgan fingerprint density at radius 3 is 2.27 bits per heavy atom. The molecular weight excluding hydrogens is 552 g/mol. The van der Waals surface area contributed by atoms with E-state index in [4.69, 9.17) is 4.74 Å². The van der Waals surface area contributed by atoms with Crippen molar-refractivity contribution in [1.29, 1.82) is 0 Å². The summed E-state index contributed by atoms with van der Waals surface area (Å²) in [6, 6.07) is 11.0. The maximum atomic E-state index is 14.1. The third-order valence-corrected chi connectivity index (χ3v) is 11.2. The lowest BCUT2D eigenvalue weighted by Crippen LogP contribution is -2.51. The highest BCUT2D eigenvalue weighted by Gasteiger charge is 2.50. The average molecular weight is 583 g/mol. The number of alkyl halides is 3. The molecule has 0 bridgehead atoms. The fourth-order valence-electron chi connectivity index (χ4n) is 4.45. The van der Waals surface area contributed by atoms with Crippen LogP contribution in [0.5, 0.6) is 11.5 Å². The minimum absolute atomic E-state index is 0.148. The Morgan fingerprint density at radius 1 is 1.11 bits per heavy atom. The van der Waals surface area contributed by atoms with Gasteiger partial charge in [0.1, 0.15) is 4.90 Å². The van der Waals surface area contributed by atoms with Crippen LogP contribution < -0.4 is 13.8 Å². The van der Waals surface area contributed by atoms with Gasteiger partial charge in [-0.15, -0.1) is 0 Å². The third kappa shape index (κ3) is 5.55. The van der Waals surface area contributed by atoms with Crippen LogP contribution in [0.4, 0.5) is 24.5 Å². The predicted molar refractivity (Wildman–Crippen MR) is 138 cm³/mol. The number of para-hydroxylation sites is 1. The van der Waals surface area contributed by atoms with E-state index in [1.165, 1.54) is 10.1 Å². The monoisotopic (exact) mass is 582 g/mol. The fourth-order valence-corrected chi connectivity index (χ4v) is 8.66. The lowest BCUT2D eigenvalue weighted by atomic mass is 9.89. The number of sulfonamides is 1. The molecule has 0 aliphatic carbocycles. The molecule has 0 N–H and O–H groups in total. The van der Waals surface area contributed by atoms with Crippen molar-refractivity contribution in [2.45, 2.75) is 55.5 Å². The Morgan fingerprint density at radius 2 is 1.76 bits per heavy atom. The van der Waals surface area contributed by atoms with Crippen LogP contribution in [0, 0.1) is 0 Å². The molecule has 2 atom stereocenters. The molecule has 206 valence electrons. The smallest absolute Gasteiger partial charge is 0.493 e. The van der Waals surface area contributed by atoms with Gasteiger partial charge in [-0.25, -0.2) is 8.42 Å². The Balaban J connectivity index is 2.37. The predicted octanol–water partition coefficient (Wildman–Crippen LogP) is 5.63. The molecule has 0 saturated heterocycles. The van der Waals surface area contributed by atoms with Gasteiger partial charge in [0, 0.05) is 24.4 Å². The number of halogens is 3. The van der Waals surface area contributed by atoms with Gasteiger partial charge in [0.2, 0.25) is 10.0 Å². The second-order valence-electron chi connectivity index (χ2n) is 8.55. The van der Waals surface area contributed by atoms with Gasteiger partial charge >= 0.3 is 15.6 Å². The van der Waals surface area contributed by atoms with Crippen LogP contribution in [-0.2, 0) is 20.1 Å². The van der Waals surface area contributed by atoms with Crippen molar-refractivity contribution in [3.63, 3.8) is 0 Å². The van der Waals surface area contributed by atoms with Gasteiger partial charge in [-0.2, -0.15) is 25.7 Å². The largest absolute Gasteiger partial charge is 0.534 e. The molecule has 2 aromatic rings. The van der Waals surface area contributed by atoms with Crippen molar-refractivity contribution >= 4 is 40.2 Å². The van der Waals surface area contributed by atoms with E-state index in [1.807, 2.05) is 19.9 Å². The molecule has 0 spiro atoms. The summed E-state index contributed by atoms with van der Waals surface area (Å²) >= 11 is 0. The van der Waals surface area contributed by atoms with E-state index in [0.717, 1.165) is 26.0 Å². The Bertz CT molecular complexity index is 1320. The van der Waals surface area contributed by atoms with Crippen LogP contribution >= 0.6 is 8.73 Å². The number of methoxy groups -OCH3 is 1. The van der Waals surface area contributed by atoms with E-state index in [-0.39, 0.29) is 31.6 Å². The van der Waals surface area contributed by atoms with Crippen molar-refractivity contribution in [2.24, 2.45) is 0 Å². The standard InChI is InChI=1S/C23H30F3N2O6PS2/c1-5-7-13-22(6-2)16-27(17-11-9-8-10-12-17)18-14-19(33-3)20(34-37(31,32)23(24,25)26)15-21(18)36(29,30)28(22)35-4/h8-12,14-15,35H,5-7,13,16H2,1-4H3. The van der Waals surface area contributed by atoms with Gasteiger partial charge in [-0.05, 0) is 40.4 Å². The average Bonchev–Trinajstić information content (AvgIpc) is 2.92. The van der Waals surface area contributed by atoms with Crippen LogP contribution in [0.15, 0.2) is 47.4 Å². The van der Waals surface area contributed by atoms with Crippen LogP contribution in [0.25, 0.3) is 0 Å². The number of unbranched alkanes of at least 4 members (excludes halogenated alkanes) is 1. The van der Waals surface area contributed by atoms with Gasteiger partial charge in [0.05, 0.1) is 18.3 Å². The highest BCUT2D eigenvalue weighted by atomic mass is 32.2. The number of hydrogen-bond acceptors (Lipinski definition) is 7. The van der Waals surface area contributed by atoms with Crippen molar-refractivity contribution in [1.82, 2.24) is 4.08 Å². The topological polar surface area (TPSA) is 93.2 Å². The van der Waals surface area contributed by atoms with Crippen molar-refractivity contribution in [3.8, 4) is 11.5 Å². The highest BCUT2D eigenvalue weighted by Crippen LogP contribution is 2.50. The quantitative estimate of drug-likeness (QED) is 0.215. The zero-order chi connectivity index (χ0) is 27.6. The van der Waals surface area contributed by atoms with E-state index in [1.54, 1.807) is 35.8 Å². The van der Waals surface area contributed by atoms with Crippen molar-refractivity contribution < 1.29 is 38.9 Å². The Labute approximate surface area is 217 Å². The molecule has 3 rings (SSSR count). The zero-order valence-electron chi connectivity index (χ0n) is 20.9. The molecule has 1 aliphatic heterocycles. The van der Waals surface area contributed by atoms with E-state index >= 15 is 0 Å². The normalized spacial score (nSPS) is 20.6. The first kappa shape index (κ1) is 29.5. The Hall–Kier alpha value is -2.08. The molecule has 0 amide bonds. The second-order valence-corrected chi connectivity index (χ2v) is 13.1. The van der Waals surface area contributed by atoms with E-state index in [0.29, 0.717) is 18.5 Å². The molecule has 1 aliphatic rings. The summed E-state index contributed by atoms with van der Waals surface area (Å²) in [5.74, 6) is -1.22. The number of rotatable bonds is 9. The molecule has 1 heterocycles. The molecule has 8 nitrogen and oxygen atoms in total. The lowest BCUT2D eigenvalue weighted by Gasteiger charge is -2.42. The van der Waals surface area contributed by atoms with Gasteiger partial charge in [-0.3, -0.25) is 0 Å².